The highest BCUT2D eigenvalue weighted by Crippen LogP contribution is 2.11. The lowest BCUT2D eigenvalue weighted by molar-refractivity contribution is 0.0601. The Kier molecular flexibility index (Phi) is 7.90. The van der Waals surface area contributed by atoms with Gasteiger partial charge in [-0.1, -0.05) is 0 Å². The van der Waals surface area contributed by atoms with Gasteiger partial charge in [-0.15, -0.1) is 0 Å². The zero-order valence-corrected chi connectivity index (χ0v) is 8.57. The van der Waals surface area contributed by atoms with Crippen LogP contribution in [0.25, 0.3) is 0 Å². The van der Waals surface area contributed by atoms with E-state index in [-0.39, 0.29) is 0 Å². The highest BCUT2D eigenvalue weighted by atomic mass is 127. The molecule has 0 radical (unpaired) electrons. The summed E-state index contributed by atoms with van der Waals surface area (Å²) in [5.41, 5.74) is 0. The Bertz CT molecular complexity index is 60.9. The maximum atomic E-state index is 5.20. The van der Waals surface area contributed by atoms with Crippen molar-refractivity contribution in [3.05, 3.63) is 0 Å². The van der Waals surface area contributed by atoms with E-state index in [0.717, 1.165) is 0 Å². The fourth-order valence-corrected chi connectivity index (χ4v) is 1.02. The van der Waals surface area contributed by atoms with Gasteiger partial charge in [0.05, 0.1) is 28.5 Å². The number of rotatable bonds is 5. The van der Waals surface area contributed by atoms with Gasteiger partial charge < -0.3 is 8.92 Å². The van der Waals surface area contributed by atoms with Gasteiger partial charge in [0.2, 0.25) is 0 Å². The van der Waals surface area contributed by atoms with E-state index in [1.807, 2.05) is 13.8 Å². The topological polar surface area (TPSA) is 18.5 Å². The molecule has 2 nitrogen and oxygen atoms in total. The Morgan fingerprint density at radius 2 is 2.11 bits per heavy atom. The van der Waals surface area contributed by atoms with E-state index < -0.39 is 0 Å². The van der Waals surface area contributed by atoms with Crippen LogP contribution in [0.1, 0.15) is 13.8 Å². The Balaban J connectivity index is 2.75. The molecule has 0 atom stereocenters. The molecule has 0 saturated carbocycles. The summed E-state index contributed by atoms with van der Waals surface area (Å²) < 4.78 is 10.2. The summed E-state index contributed by atoms with van der Waals surface area (Å²) in [6.45, 7) is 5.38. The van der Waals surface area contributed by atoms with Crippen LogP contribution in [0, 0.1) is 0 Å². The maximum Gasteiger partial charge on any atom is 0.0857 e. The number of hydrogen-bond acceptors (Lipinski definition) is 3. The van der Waals surface area contributed by atoms with Gasteiger partial charge in [0, 0.05) is 21.2 Å². The molecular weight excluding hydrogens is 251 g/mol. The molecule has 0 heterocycles. The lowest BCUT2D eigenvalue weighted by Crippen LogP contribution is -2.07. The average molecular weight is 262 g/mol. The standard InChI is InChI=1S/C5H11IO2S/c1-5(2)7-3-4-8-9-6/h5H,3-4H2,1-2H3. The third-order valence-corrected chi connectivity index (χ3v) is 1.68. The third-order valence-electron chi connectivity index (χ3n) is 0.662. The molecule has 56 valence electrons. The van der Waals surface area contributed by atoms with Crippen LogP contribution < -0.4 is 0 Å². The molecule has 0 aromatic heterocycles. The first kappa shape index (κ1) is 10.0. The largest absolute Gasteiger partial charge is 0.376 e. The van der Waals surface area contributed by atoms with Crippen molar-refractivity contribution in [1.29, 1.82) is 0 Å². The van der Waals surface area contributed by atoms with Crippen molar-refractivity contribution in [3.63, 3.8) is 0 Å². The Hall–Kier alpha value is 1.00. The lowest BCUT2D eigenvalue weighted by Gasteiger charge is -2.04. The van der Waals surface area contributed by atoms with Gasteiger partial charge >= 0.3 is 0 Å². The summed E-state index contributed by atoms with van der Waals surface area (Å²) in [5.74, 6) is 0. The lowest BCUT2D eigenvalue weighted by atomic mass is 10.5. The van der Waals surface area contributed by atoms with E-state index in [1.54, 1.807) is 0 Å². The normalized spacial score (nSPS) is 10.7. The van der Waals surface area contributed by atoms with Crippen LogP contribution in [0.2, 0.25) is 0 Å². The van der Waals surface area contributed by atoms with Crippen LogP contribution >= 0.6 is 30.4 Å². The Morgan fingerprint density at radius 3 is 2.56 bits per heavy atom. The number of halogens is 1. The highest BCUT2D eigenvalue weighted by molar-refractivity contribution is 14.2. The summed E-state index contributed by atoms with van der Waals surface area (Å²) in [4.78, 5) is 0. The third kappa shape index (κ3) is 9.00. The molecule has 0 spiro atoms. The molecule has 0 aliphatic heterocycles. The highest BCUT2D eigenvalue weighted by Gasteiger charge is 1.91. The van der Waals surface area contributed by atoms with Gasteiger partial charge in [-0.2, -0.15) is 0 Å². The second kappa shape index (κ2) is 7.11. The van der Waals surface area contributed by atoms with Crippen LogP contribution in [-0.4, -0.2) is 19.3 Å². The zero-order valence-electron chi connectivity index (χ0n) is 5.59. The average Bonchev–Trinajstić information content (AvgIpc) is 1.80. The van der Waals surface area contributed by atoms with Crippen molar-refractivity contribution >= 4 is 30.4 Å². The van der Waals surface area contributed by atoms with Crippen LogP contribution in [0.5, 0.6) is 0 Å². The summed E-state index contributed by atoms with van der Waals surface area (Å²) in [6, 6.07) is 0. The zero-order chi connectivity index (χ0) is 7.11. The van der Waals surface area contributed by atoms with Crippen LogP contribution in [0.3, 0.4) is 0 Å². The molecule has 9 heavy (non-hydrogen) atoms. The minimum Gasteiger partial charge on any atom is -0.376 e. The molecule has 0 aromatic carbocycles. The minimum atomic E-state index is 0.313. The summed E-state index contributed by atoms with van der Waals surface area (Å²) in [7, 11) is 1.34. The SMILES string of the molecule is CC(C)OCCOSI. The van der Waals surface area contributed by atoms with Crippen molar-refractivity contribution in [1.82, 2.24) is 0 Å². The first-order chi connectivity index (χ1) is 4.27. The number of ether oxygens (including phenoxy) is 1. The van der Waals surface area contributed by atoms with E-state index in [4.69, 9.17) is 8.92 Å². The van der Waals surface area contributed by atoms with E-state index in [1.165, 1.54) is 9.21 Å². The molecule has 4 heteroatoms. The maximum absolute atomic E-state index is 5.20. The molecule has 0 aliphatic carbocycles. The van der Waals surface area contributed by atoms with Gasteiger partial charge in [0.15, 0.2) is 0 Å². The Morgan fingerprint density at radius 1 is 1.44 bits per heavy atom. The van der Waals surface area contributed by atoms with Gasteiger partial charge in [0.25, 0.3) is 0 Å². The van der Waals surface area contributed by atoms with Crippen molar-refractivity contribution in [2.75, 3.05) is 13.2 Å². The summed E-state index contributed by atoms with van der Waals surface area (Å²) in [5, 5.41) is 0. The van der Waals surface area contributed by atoms with Gasteiger partial charge in [-0.25, -0.2) is 0 Å². The number of hydrogen-bond donors (Lipinski definition) is 0. The van der Waals surface area contributed by atoms with Crippen molar-refractivity contribution in [2.45, 2.75) is 20.0 Å². The van der Waals surface area contributed by atoms with E-state index >= 15 is 0 Å². The Labute approximate surface area is 72.5 Å². The van der Waals surface area contributed by atoms with Crippen LogP contribution in [0.4, 0.5) is 0 Å². The predicted octanol–water partition coefficient (Wildman–Crippen LogP) is 2.43. The van der Waals surface area contributed by atoms with Gasteiger partial charge in [-0.05, 0) is 13.8 Å². The molecular formula is C5H11IO2S. The van der Waals surface area contributed by atoms with Gasteiger partial charge in [-0.3, -0.25) is 0 Å². The fraction of sp³-hybridized carbons (Fsp3) is 1.00. The molecule has 0 amide bonds. The molecule has 0 rings (SSSR count). The van der Waals surface area contributed by atoms with Gasteiger partial charge in [0.1, 0.15) is 0 Å². The molecule has 0 bridgehead atoms. The second-order valence-electron chi connectivity index (χ2n) is 1.80. The molecule has 0 N–H and O–H groups in total. The van der Waals surface area contributed by atoms with Crippen LogP contribution in [0.15, 0.2) is 0 Å². The summed E-state index contributed by atoms with van der Waals surface area (Å²) >= 11 is 2.08. The first-order valence-corrected chi connectivity index (χ1v) is 6.07. The second-order valence-corrected chi connectivity index (χ2v) is 3.24. The molecule has 0 unspecified atom stereocenters. The monoisotopic (exact) mass is 262 g/mol. The minimum absolute atomic E-state index is 0.313. The van der Waals surface area contributed by atoms with E-state index in [2.05, 4.69) is 21.2 Å². The molecule has 0 aliphatic rings. The molecule has 0 saturated heterocycles. The molecule has 0 fully saturated rings. The van der Waals surface area contributed by atoms with E-state index in [9.17, 15) is 0 Å². The molecule has 0 aromatic rings. The van der Waals surface area contributed by atoms with E-state index in [0.29, 0.717) is 19.3 Å². The smallest absolute Gasteiger partial charge is 0.0857 e. The summed E-state index contributed by atoms with van der Waals surface area (Å²) in [6.07, 6.45) is 0.313. The first-order valence-electron chi connectivity index (χ1n) is 2.79. The quantitative estimate of drug-likeness (QED) is 0.430. The van der Waals surface area contributed by atoms with Crippen molar-refractivity contribution < 1.29 is 8.92 Å². The fourth-order valence-electron chi connectivity index (χ4n) is 0.349. The van der Waals surface area contributed by atoms with Crippen molar-refractivity contribution in [3.8, 4) is 0 Å². The van der Waals surface area contributed by atoms with Crippen LogP contribution in [-0.2, 0) is 8.92 Å². The predicted molar refractivity (Wildman–Crippen MR) is 48.7 cm³/mol. The van der Waals surface area contributed by atoms with Crippen molar-refractivity contribution in [2.24, 2.45) is 0 Å².